The van der Waals surface area contributed by atoms with Crippen molar-refractivity contribution in [3.05, 3.63) is 74.7 Å². The fourth-order valence-corrected chi connectivity index (χ4v) is 2.14. The zero-order valence-corrected chi connectivity index (χ0v) is 14.1. The monoisotopic (exact) mass is 402 g/mol. The van der Waals surface area contributed by atoms with Crippen LogP contribution in [-0.2, 0) is 6.42 Å². The van der Waals surface area contributed by atoms with Crippen molar-refractivity contribution in [3.8, 4) is 0 Å². The van der Waals surface area contributed by atoms with Crippen LogP contribution >= 0.6 is 31.9 Å². The lowest BCUT2D eigenvalue weighted by Gasteiger charge is -1.97. The van der Waals surface area contributed by atoms with Crippen molar-refractivity contribution in [1.82, 2.24) is 0 Å². The second kappa shape index (κ2) is 8.32. The van der Waals surface area contributed by atoms with Crippen molar-refractivity contribution in [2.24, 2.45) is 0 Å². The number of rotatable bonds is 2. The minimum absolute atomic E-state index is 0.128. The summed E-state index contributed by atoms with van der Waals surface area (Å²) < 4.78 is 27.1. The van der Waals surface area contributed by atoms with Gasteiger partial charge >= 0.3 is 0 Å². The molecule has 0 fully saturated rings. The molecule has 0 saturated carbocycles. The lowest BCUT2D eigenvalue weighted by molar-refractivity contribution is 0.611. The Labute approximate surface area is 134 Å². The van der Waals surface area contributed by atoms with Crippen molar-refractivity contribution in [2.75, 3.05) is 0 Å². The third kappa shape index (κ3) is 5.17. The molecular formula is C16H14Br2F2. The van der Waals surface area contributed by atoms with Crippen LogP contribution in [0, 0.1) is 11.6 Å². The van der Waals surface area contributed by atoms with Crippen LogP contribution in [0.5, 0.6) is 0 Å². The van der Waals surface area contributed by atoms with Crippen LogP contribution in [-0.4, -0.2) is 0 Å². The van der Waals surface area contributed by atoms with E-state index in [1.165, 1.54) is 18.2 Å². The molecule has 0 N–H and O–H groups in total. The maximum Gasteiger partial charge on any atom is 0.131 e. The molecule has 0 aliphatic heterocycles. The van der Waals surface area contributed by atoms with Crippen LogP contribution in [0.15, 0.2) is 51.9 Å². The molecule has 0 aliphatic rings. The molecule has 0 aromatic heterocycles. The van der Waals surface area contributed by atoms with Crippen LogP contribution < -0.4 is 0 Å². The third-order valence-corrected chi connectivity index (χ3v) is 3.56. The van der Waals surface area contributed by atoms with Gasteiger partial charge in [0.2, 0.25) is 0 Å². The lowest BCUT2D eigenvalue weighted by Crippen LogP contribution is -1.85. The van der Waals surface area contributed by atoms with Crippen molar-refractivity contribution in [2.45, 2.75) is 13.3 Å². The summed E-state index contributed by atoms with van der Waals surface area (Å²) in [6, 6.07) is 9.99. The quantitative estimate of drug-likeness (QED) is 0.545. The molecule has 0 amide bonds. The highest BCUT2D eigenvalue weighted by molar-refractivity contribution is 9.10. The van der Waals surface area contributed by atoms with E-state index in [1.807, 2.05) is 13.0 Å². The summed E-state index contributed by atoms with van der Waals surface area (Å²) in [6.07, 6.45) is 2.24. The van der Waals surface area contributed by atoms with Crippen LogP contribution in [0.25, 0.3) is 6.08 Å². The molecule has 2 aromatic carbocycles. The fraction of sp³-hybridized carbons (Fsp3) is 0.125. The summed E-state index contributed by atoms with van der Waals surface area (Å²) in [5.41, 5.74) is 1.30. The Morgan fingerprint density at radius 3 is 2.00 bits per heavy atom. The molecule has 20 heavy (non-hydrogen) atoms. The second-order valence-corrected chi connectivity index (χ2v) is 5.79. The maximum atomic E-state index is 12.8. The SMILES string of the molecule is C=Cc1ccc(Br)cc1F.CCc1ccc(Br)cc1F. The highest BCUT2D eigenvalue weighted by Crippen LogP contribution is 2.16. The molecule has 0 nitrogen and oxygen atoms in total. The molecule has 0 saturated heterocycles. The highest BCUT2D eigenvalue weighted by Gasteiger charge is 1.98. The van der Waals surface area contributed by atoms with Gasteiger partial charge < -0.3 is 0 Å². The second-order valence-electron chi connectivity index (χ2n) is 3.96. The molecular weight excluding hydrogens is 390 g/mol. The molecule has 0 heterocycles. The molecule has 0 radical (unpaired) electrons. The Morgan fingerprint density at radius 2 is 1.55 bits per heavy atom. The number of halogens is 4. The van der Waals surface area contributed by atoms with Crippen molar-refractivity contribution in [1.29, 1.82) is 0 Å². The molecule has 0 spiro atoms. The minimum Gasteiger partial charge on any atom is -0.207 e. The van der Waals surface area contributed by atoms with Gasteiger partial charge in [-0.25, -0.2) is 8.78 Å². The number of hydrogen-bond acceptors (Lipinski definition) is 0. The number of aryl methyl sites for hydroxylation is 1. The Balaban J connectivity index is 0.000000200. The van der Waals surface area contributed by atoms with Crippen LogP contribution in [0.3, 0.4) is 0 Å². The van der Waals surface area contributed by atoms with Gasteiger partial charge in [0.25, 0.3) is 0 Å². The summed E-state index contributed by atoms with van der Waals surface area (Å²) in [5, 5.41) is 0. The van der Waals surface area contributed by atoms with E-state index >= 15 is 0 Å². The van der Waals surface area contributed by atoms with Crippen molar-refractivity contribution in [3.63, 3.8) is 0 Å². The van der Waals surface area contributed by atoms with Gasteiger partial charge in [-0.05, 0) is 36.2 Å². The molecule has 106 valence electrons. The smallest absolute Gasteiger partial charge is 0.131 e. The Kier molecular flexibility index (Phi) is 7.10. The Morgan fingerprint density at radius 1 is 1.00 bits per heavy atom. The zero-order valence-electron chi connectivity index (χ0n) is 11.0. The van der Waals surface area contributed by atoms with Crippen molar-refractivity contribution >= 4 is 37.9 Å². The van der Waals surface area contributed by atoms with E-state index in [9.17, 15) is 8.78 Å². The summed E-state index contributed by atoms with van der Waals surface area (Å²) in [5.74, 6) is -0.374. The first-order valence-electron chi connectivity index (χ1n) is 5.99. The van der Waals surface area contributed by atoms with Gasteiger partial charge in [-0.3, -0.25) is 0 Å². The normalized spacial score (nSPS) is 9.65. The average Bonchev–Trinajstić information content (AvgIpc) is 2.40. The first kappa shape index (κ1) is 17.1. The van der Waals surface area contributed by atoms with Gasteiger partial charge in [0.1, 0.15) is 11.6 Å². The highest BCUT2D eigenvalue weighted by atomic mass is 79.9. The van der Waals surface area contributed by atoms with Gasteiger partial charge in [-0.15, -0.1) is 0 Å². The standard InChI is InChI=1S/C8H8BrF.C8H6BrF/c2*1-2-6-3-4-7(9)5-8(6)10/h3-5H,2H2,1H3;2-5H,1H2. The first-order valence-corrected chi connectivity index (χ1v) is 7.58. The van der Waals surface area contributed by atoms with E-state index in [0.717, 1.165) is 20.9 Å². The molecule has 0 atom stereocenters. The van der Waals surface area contributed by atoms with Crippen LogP contribution in [0.1, 0.15) is 18.1 Å². The lowest BCUT2D eigenvalue weighted by atomic mass is 10.2. The number of benzene rings is 2. The minimum atomic E-state index is -0.246. The molecule has 0 bridgehead atoms. The molecule has 2 aromatic rings. The Bertz CT molecular complexity index is 595. The van der Waals surface area contributed by atoms with Gasteiger partial charge in [0.15, 0.2) is 0 Å². The number of hydrogen-bond donors (Lipinski definition) is 0. The van der Waals surface area contributed by atoms with E-state index in [0.29, 0.717) is 5.56 Å². The van der Waals surface area contributed by atoms with E-state index in [-0.39, 0.29) is 11.6 Å². The summed E-state index contributed by atoms with van der Waals surface area (Å²) in [6.45, 7) is 5.40. The summed E-state index contributed by atoms with van der Waals surface area (Å²) in [4.78, 5) is 0. The maximum absolute atomic E-state index is 12.8. The van der Waals surface area contributed by atoms with E-state index in [1.54, 1.807) is 18.2 Å². The predicted octanol–water partition coefficient (Wildman–Crippen LogP) is 6.38. The van der Waals surface area contributed by atoms with Gasteiger partial charge in [-0.2, -0.15) is 0 Å². The van der Waals surface area contributed by atoms with Gasteiger partial charge in [0, 0.05) is 14.5 Å². The third-order valence-electron chi connectivity index (χ3n) is 2.58. The topological polar surface area (TPSA) is 0 Å². The summed E-state index contributed by atoms with van der Waals surface area (Å²) >= 11 is 6.34. The molecule has 0 aliphatic carbocycles. The average molecular weight is 404 g/mol. The van der Waals surface area contributed by atoms with E-state index in [2.05, 4.69) is 38.4 Å². The fourth-order valence-electron chi connectivity index (χ4n) is 1.48. The Hall–Kier alpha value is -1.00. The van der Waals surface area contributed by atoms with Crippen LogP contribution in [0.2, 0.25) is 0 Å². The van der Waals surface area contributed by atoms with Gasteiger partial charge in [0.05, 0.1) is 0 Å². The molecule has 0 unspecified atom stereocenters. The molecule has 2 rings (SSSR count). The largest absolute Gasteiger partial charge is 0.207 e. The van der Waals surface area contributed by atoms with E-state index in [4.69, 9.17) is 0 Å². The predicted molar refractivity (Wildman–Crippen MR) is 87.7 cm³/mol. The first-order chi connectivity index (χ1) is 9.47. The van der Waals surface area contributed by atoms with E-state index < -0.39 is 0 Å². The zero-order chi connectivity index (χ0) is 15.1. The molecule has 4 heteroatoms. The van der Waals surface area contributed by atoms with Crippen molar-refractivity contribution < 1.29 is 8.78 Å². The van der Waals surface area contributed by atoms with Gasteiger partial charge in [-0.1, -0.05) is 63.6 Å². The van der Waals surface area contributed by atoms with Crippen LogP contribution in [0.4, 0.5) is 8.78 Å². The summed E-state index contributed by atoms with van der Waals surface area (Å²) in [7, 11) is 0.